The number of carbonyl (C=O) groups is 1. The van der Waals surface area contributed by atoms with Gasteiger partial charge < -0.3 is 15.4 Å². The second-order valence-electron chi connectivity index (χ2n) is 5.71. The number of ether oxygens (including phenoxy) is 1. The quantitative estimate of drug-likeness (QED) is 0.861. The van der Waals surface area contributed by atoms with E-state index in [1.54, 1.807) is 18.0 Å². The normalized spacial score (nSPS) is 16.2. The number of aromatic nitrogens is 2. The first-order valence-electron chi connectivity index (χ1n) is 7.87. The Morgan fingerprint density at radius 1 is 1.33 bits per heavy atom. The van der Waals surface area contributed by atoms with E-state index in [1.165, 1.54) is 0 Å². The summed E-state index contributed by atoms with van der Waals surface area (Å²) in [6.07, 6.45) is 5.01. The van der Waals surface area contributed by atoms with E-state index in [4.69, 9.17) is 4.74 Å². The standard InChI is InChI=1S/C17H22N4O2.ClH/c1-23-17(7-10-18-11-8-17)16(22)19-13-14-5-2-3-6-15(14)21-12-4-9-20-21;/h2-6,9,12,18H,7-8,10-11,13H2,1H3,(H,19,22);1H. The first-order chi connectivity index (χ1) is 11.2. The van der Waals surface area contributed by atoms with Gasteiger partial charge in [0.05, 0.1) is 5.69 Å². The number of hydrogen-bond donors (Lipinski definition) is 2. The number of carbonyl (C=O) groups excluding carboxylic acids is 1. The smallest absolute Gasteiger partial charge is 0.252 e. The maximum absolute atomic E-state index is 12.6. The van der Waals surface area contributed by atoms with Crippen LogP contribution in [0.1, 0.15) is 18.4 Å². The summed E-state index contributed by atoms with van der Waals surface area (Å²) in [5.41, 5.74) is 1.27. The number of nitrogens with one attached hydrogen (secondary N) is 2. The van der Waals surface area contributed by atoms with Crippen LogP contribution in [0.15, 0.2) is 42.7 Å². The molecule has 1 aromatic heterocycles. The van der Waals surface area contributed by atoms with Crippen LogP contribution < -0.4 is 10.6 Å². The summed E-state index contributed by atoms with van der Waals surface area (Å²) in [5, 5.41) is 10.6. The zero-order valence-electron chi connectivity index (χ0n) is 13.7. The van der Waals surface area contributed by atoms with Crippen LogP contribution in [0, 0.1) is 0 Å². The Morgan fingerprint density at radius 3 is 2.75 bits per heavy atom. The molecule has 0 saturated carbocycles. The van der Waals surface area contributed by atoms with Crippen LogP contribution in [-0.2, 0) is 16.1 Å². The van der Waals surface area contributed by atoms with Crippen LogP contribution in [-0.4, -0.2) is 41.5 Å². The van der Waals surface area contributed by atoms with E-state index in [0.717, 1.165) is 24.3 Å². The number of nitrogens with zero attached hydrogens (tertiary/aromatic N) is 2. The Morgan fingerprint density at radius 2 is 2.08 bits per heavy atom. The molecule has 6 nitrogen and oxygen atoms in total. The lowest BCUT2D eigenvalue weighted by atomic mass is 9.91. The van der Waals surface area contributed by atoms with Gasteiger partial charge in [-0.2, -0.15) is 5.10 Å². The molecular weight excluding hydrogens is 328 g/mol. The highest BCUT2D eigenvalue weighted by molar-refractivity contribution is 5.85. The van der Waals surface area contributed by atoms with Gasteiger partial charge in [-0.3, -0.25) is 4.79 Å². The molecule has 1 aliphatic heterocycles. The molecule has 7 heteroatoms. The number of piperidine rings is 1. The summed E-state index contributed by atoms with van der Waals surface area (Å²) < 4.78 is 7.37. The third-order valence-corrected chi connectivity index (χ3v) is 4.40. The predicted molar refractivity (Wildman–Crippen MR) is 94.5 cm³/mol. The Kier molecular flexibility index (Phi) is 6.36. The van der Waals surface area contributed by atoms with Gasteiger partial charge in [-0.05, 0) is 43.6 Å². The SMILES string of the molecule is COC1(C(=O)NCc2ccccc2-n2cccn2)CCNCC1.Cl. The van der Waals surface area contributed by atoms with Crippen molar-refractivity contribution in [1.82, 2.24) is 20.4 Å². The van der Waals surface area contributed by atoms with Crippen molar-refractivity contribution < 1.29 is 9.53 Å². The third kappa shape index (κ3) is 3.77. The Hall–Kier alpha value is -1.89. The molecule has 1 saturated heterocycles. The van der Waals surface area contributed by atoms with Crippen LogP contribution in [0.2, 0.25) is 0 Å². The van der Waals surface area contributed by atoms with Gasteiger partial charge in [0.2, 0.25) is 0 Å². The van der Waals surface area contributed by atoms with E-state index in [-0.39, 0.29) is 18.3 Å². The molecule has 2 N–H and O–H groups in total. The Labute approximate surface area is 148 Å². The molecule has 0 radical (unpaired) electrons. The number of para-hydroxylation sites is 1. The molecule has 1 fully saturated rings. The van der Waals surface area contributed by atoms with Gasteiger partial charge in [-0.15, -0.1) is 12.4 Å². The number of methoxy groups -OCH3 is 1. The summed E-state index contributed by atoms with van der Waals surface area (Å²) in [6.45, 7) is 2.05. The minimum Gasteiger partial charge on any atom is -0.368 e. The lowest BCUT2D eigenvalue weighted by molar-refractivity contribution is -0.146. The van der Waals surface area contributed by atoms with Gasteiger partial charge in [-0.1, -0.05) is 18.2 Å². The number of hydrogen-bond acceptors (Lipinski definition) is 4. The summed E-state index contributed by atoms with van der Waals surface area (Å²) in [4.78, 5) is 12.6. The van der Waals surface area contributed by atoms with Crippen LogP contribution in [0.3, 0.4) is 0 Å². The van der Waals surface area contributed by atoms with Crippen molar-refractivity contribution in [2.24, 2.45) is 0 Å². The summed E-state index contributed by atoms with van der Waals surface area (Å²) in [7, 11) is 1.61. The number of benzene rings is 1. The molecule has 3 rings (SSSR count). The molecule has 1 amide bonds. The largest absolute Gasteiger partial charge is 0.368 e. The van der Waals surface area contributed by atoms with Gasteiger partial charge in [-0.25, -0.2) is 4.68 Å². The van der Waals surface area contributed by atoms with Crippen molar-refractivity contribution in [2.45, 2.75) is 25.0 Å². The fraction of sp³-hybridized carbons (Fsp3) is 0.412. The second kappa shape index (κ2) is 8.28. The highest BCUT2D eigenvalue weighted by Crippen LogP contribution is 2.23. The van der Waals surface area contributed by atoms with Crippen molar-refractivity contribution in [3.8, 4) is 5.69 Å². The van der Waals surface area contributed by atoms with Gasteiger partial charge in [0.15, 0.2) is 0 Å². The minimum atomic E-state index is -0.716. The van der Waals surface area contributed by atoms with Crippen molar-refractivity contribution in [3.05, 3.63) is 48.3 Å². The van der Waals surface area contributed by atoms with Crippen LogP contribution in [0.5, 0.6) is 0 Å². The molecule has 0 unspecified atom stereocenters. The Balaban J connectivity index is 0.00000208. The summed E-state index contributed by atoms with van der Waals surface area (Å²) >= 11 is 0. The van der Waals surface area contributed by atoms with Crippen molar-refractivity contribution in [2.75, 3.05) is 20.2 Å². The molecule has 0 bridgehead atoms. The van der Waals surface area contributed by atoms with Crippen LogP contribution in [0.4, 0.5) is 0 Å². The van der Waals surface area contributed by atoms with E-state index < -0.39 is 5.60 Å². The highest BCUT2D eigenvalue weighted by atomic mass is 35.5. The average Bonchev–Trinajstić information content (AvgIpc) is 3.15. The number of amides is 1. The maximum atomic E-state index is 12.6. The predicted octanol–water partition coefficient (Wildman–Crippen LogP) is 1.68. The van der Waals surface area contributed by atoms with Crippen LogP contribution in [0.25, 0.3) is 5.69 Å². The molecule has 2 aromatic rings. The lowest BCUT2D eigenvalue weighted by Gasteiger charge is -2.34. The zero-order chi connectivity index (χ0) is 16.1. The van der Waals surface area contributed by atoms with Crippen molar-refractivity contribution >= 4 is 18.3 Å². The van der Waals surface area contributed by atoms with Gasteiger partial charge in [0, 0.05) is 26.0 Å². The van der Waals surface area contributed by atoms with Gasteiger partial charge >= 0.3 is 0 Å². The molecule has 0 atom stereocenters. The lowest BCUT2D eigenvalue weighted by Crippen LogP contribution is -2.54. The number of rotatable bonds is 5. The third-order valence-electron chi connectivity index (χ3n) is 4.40. The maximum Gasteiger partial charge on any atom is 0.252 e. The van der Waals surface area contributed by atoms with E-state index in [0.29, 0.717) is 19.4 Å². The van der Waals surface area contributed by atoms with Gasteiger partial charge in [0.25, 0.3) is 5.91 Å². The fourth-order valence-corrected chi connectivity index (χ4v) is 2.99. The zero-order valence-corrected chi connectivity index (χ0v) is 14.5. The molecule has 2 heterocycles. The molecule has 0 spiro atoms. The molecule has 24 heavy (non-hydrogen) atoms. The fourth-order valence-electron chi connectivity index (χ4n) is 2.99. The van der Waals surface area contributed by atoms with Crippen molar-refractivity contribution in [1.29, 1.82) is 0 Å². The number of halogens is 1. The first kappa shape index (κ1) is 18.4. The highest BCUT2D eigenvalue weighted by Gasteiger charge is 2.39. The molecule has 130 valence electrons. The molecule has 1 aliphatic rings. The van der Waals surface area contributed by atoms with E-state index in [2.05, 4.69) is 15.7 Å². The summed E-state index contributed by atoms with van der Waals surface area (Å²) in [5.74, 6) is -0.0447. The van der Waals surface area contributed by atoms with E-state index >= 15 is 0 Å². The van der Waals surface area contributed by atoms with Crippen molar-refractivity contribution in [3.63, 3.8) is 0 Å². The second-order valence-corrected chi connectivity index (χ2v) is 5.71. The van der Waals surface area contributed by atoms with E-state index in [1.807, 2.05) is 36.5 Å². The topological polar surface area (TPSA) is 68.2 Å². The molecule has 1 aromatic carbocycles. The molecule has 0 aliphatic carbocycles. The van der Waals surface area contributed by atoms with Gasteiger partial charge in [0.1, 0.15) is 5.60 Å². The average molecular weight is 351 g/mol. The molecular formula is C17H23ClN4O2. The summed E-state index contributed by atoms with van der Waals surface area (Å²) in [6, 6.07) is 9.80. The Bertz CT molecular complexity index is 654. The van der Waals surface area contributed by atoms with E-state index in [9.17, 15) is 4.79 Å². The minimum absolute atomic E-state index is 0. The van der Waals surface area contributed by atoms with Crippen LogP contribution >= 0.6 is 12.4 Å². The monoisotopic (exact) mass is 350 g/mol. The first-order valence-corrected chi connectivity index (χ1v) is 7.87.